The third kappa shape index (κ3) is 3.69. The van der Waals surface area contributed by atoms with E-state index in [1.54, 1.807) is 0 Å². The van der Waals surface area contributed by atoms with Crippen LogP contribution in [-0.4, -0.2) is 11.6 Å². The van der Waals surface area contributed by atoms with Gasteiger partial charge in [0.1, 0.15) is 0 Å². The molecule has 1 aromatic rings. The molecule has 96 valence electrons. The van der Waals surface area contributed by atoms with Gasteiger partial charge in [-0.15, -0.1) is 0 Å². The minimum atomic E-state index is -0.119. The second kappa shape index (κ2) is 6.34. The van der Waals surface area contributed by atoms with Gasteiger partial charge in [-0.1, -0.05) is 30.5 Å². The van der Waals surface area contributed by atoms with Gasteiger partial charge in [0.2, 0.25) is 0 Å². The summed E-state index contributed by atoms with van der Waals surface area (Å²) in [6.07, 6.45) is 7.00. The Morgan fingerprint density at radius 2 is 1.67 bits per heavy atom. The van der Waals surface area contributed by atoms with Crippen LogP contribution < -0.4 is 5.43 Å². The molecule has 1 aromatic carbocycles. The topological polar surface area (TPSA) is 41.5 Å². The molecule has 1 amide bonds. The third-order valence-electron chi connectivity index (χ3n) is 3.31. The van der Waals surface area contributed by atoms with Gasteiger partial charge in [0.05, 0.1) is 0 Å². The van der Waals surface area contributed by atoms with E-state index in [0.29, 0.717) is 5.56 Å². The van der Waals surface area contributed by atoms with E-state index in [-0.39, 0.29) is 5.91 Å². The molecule has 0 unspecified atom stereocenters. The molecular weight excluding hydrogens is 224 g/mol. The van der Waals surface area contributed by atoms with Crippen LogP contribution in [0.5, 0.6) is 0 Å². The minimum Gasteiger partial charge on any atom is -0.267 e. The van der Waals surface area contributed by atoms with Crippen molar-refractivity contribution in [3.8, 4) is 0 Å². The number of amides is 1. The van der Waals surface area contributed by atoms with E-state index in [2.05, 4.69) is 10.5 Å². The SMILES string of the molecule is Cc1ccc(C(=O)NN=C2CCCCCC2)cc1. The Hall–Kier alpha value is -1.64. The molecule has 2 rings (SSSR count). The van der Waals surface area contributed by atoms with Crippen LogP contribution >= 0.6 is 0 Å². The third-order valence-corrected chi connectivity index (χ3v) is 3.31. The highest BCUT2D eigenvalue weighted by Crippen LogP contribution is 2.14. The maximum Gasteiger partial charge on any atom is 0.271 e. The lowest BCUT2D eigenvalue weighted by Gasteiger charge is -2.04. The molecule has 0 aliphatic heterocycles. The average molecular weight is 244 g/mol. The van der Waals surface area contributed by atoms with Crippen molar-refractivity contribution in [3.05, 3.63) is 35.4 Å². The zero-order chi connectivity index (χ0) is 12.8. The fourth-order valence-electron chi connectivity index (χ4n) is 2.15. The standard InChI is InChI=1S/C15H20N2O/c1-12-8-10-13(11-9-12)15(18)17-16-14-6-4-2-3-5-7-14/h8-11H,2-7H2,1H3,(H,17,18). The fourth-order valence-corrected chi connectivity index (χ4v) is 2.15. The molecule has 0 spiro atoms. The quantitative estimate of drug-likeness (QED) is 0.628. The number of carbonyl (C=O) groups is 1. The van der Waals surface area contributed by atoms with Crippen molar-refractivity contribution >= 4 is 11.6 Å². The lowest BCUT2D eigenvalue weighted by molar-refractivity contribution is 0.0954. The molecule has 0 heterocycles. The minimum absolute atomic E-state index is 0.119. The monoisotopic (exact) mass is 244 g/mol. The Balaban J connectivity index is 1.94. The molecule has 18 heavy (non-hydrogen) atoms. The summed E-state index contributed by atoms with van der Waals surface area (Å²) in [5.41, 5.74) is 5.62. The summed E-state index contributed by atoms with van der Waals surface area (Å²) in [5, 5.41) is 4.26. The molecule has 3 nitrogen and oxygen atoms in total. The van der Waals surface area contributed by atoms with E-state index >= 15 is 0 Å². The summed E-state index contributed by atoms with van der Waals surface area (Å²) in [6.45, 7) is 2.01. The highest BCUT2D eigenvalue weighted by Gasteiger charge is 2.07. The molecule has 0 atom stereocenters. The predicted molar refractivity (Wildman–Crippen MR) is 73.8 cm³/mol. The van der Waals surface area contributed by atoms with Gasteiger partial charge < -0.3 is 0 Å². The second-order valence-electron chi connectivity index (χ2n) is 4.90. The maximum atomic E-state index is 11.9. The van der Waals surface area contributed by atoms with Crippen LogP contribution in [0.15, 0.2) is 29.4 Å². The number of nitrogens with one attached hydrogen (secondary N) is 1. The summed E-state index contributed by atoms with van der Waals surface area (Å²) in [6, 6.07) is 7.54. The summed E-state index contributed by atoms with van der Waals surface area (Å²) in [5.74, 6) is -0.119. The number of rotatable bonds is 2. The molecule has 0 bridgehead atoms. The molecule has 1 saturated carbocycles. The molecule has 0 radical (unpaired) electrons. The van der Waals surface area contributed by atoms with E-state index < -0.39 is 0 Å². The number of aryl methyl sites for hydroxylation is 1. The Labute approximate surface area is 108 Å². The number of hydrogen-bond acceptors (Lipinski definition) is 2. The molecule has 1 N–H and O–H groups in total. The summed E-state index contributed by atoms with van der Waals surface area (Å²) in [7, 11) is 0. The Bertz CT molecular complexity index is 424. The second-order valence-corrected chi connectivity index (χ2v) is 4.90. The van der Waals surface area contributed by atoms with Crippen LogP contribution in [0.4, 0.5) is 0 Å². The normalized spacial score (nSPS) is 15.9. The summed E-state index contributed by atoms with van der Waals surface area (Å²) in [4.78, 5) is 11.9. The first-order valence-corrected chi connectivity index (χ1v) is 6.68. The van der Waals surface area contributed by atoms with Gasteiger partial charge in [0.15, 0.2) is 0 Å². The predicted octanol–water partition coefficient (Wildman–Crippen LogP) is 3.44. The Morgan fingerprint density at radius 1 is 1.06 bits per heavy atom. The smallest absolute Gasteiger partial charge is 0.267 e. The average Bonchev–Trinajstić information content (AvgIpc) is 2.65. The molecule has 3 heteroatoms. The lowest BCUT2D eigenvalue weighted by atomic mass is 10.1. The number of benzene rings is 1. The van der Waals surface area contributed by atoms with E-state index in [0.717, 1.165) is 24.1 Å². The molecular formula is C15H20N2O. The Morgan fingerprint density at radius 3 is 2.28 bits per heavy atom. The summed E-state index contributed by atoms with van der Waals surface area (Å²) >= 11 is 0. The molecule has 0 saturated heterocycles. The maximum absolute atomic E-state index is 11.9. The van der Waals surface area contributed by atoms with Crippen molar-refractivity contribution in [1.82, 2.24) is 5.43 Å². The molecule has 0 aromatic heterocycles. The zero-order valence-corrected chi connectivity index (χ0v) is 10.9. The van der Waals surface area contributed by atoms with Crippen molar-refractivity contribution in [2.45, 2.75) is 45.4 Å². The zero-order valence-electron chi connectivity index (χ0n) is 10.9. The van der Waals surface area contributed by atoms with E-state index in [1.165, 1.54) is 25.7 Å². The van der Waals surface area contributed by atoms with Gasteiger partial charge in [-0.2, -0.15) is 5.10 Å². The van der Waals surface area contributed by atoms with E-state index in [1.807, 2.05) is 31.2 Å². The van der Waals surface area contributed by atoms with Gasteiger partial charge in [-0.3, -0.25) is 4.79 Å². The van der Waals surface area contributed by atoms with Crippen molar-refractivity contribution in [2.75, 3.05) is 0 Å². The number of hydrogen-bond donors (Lipinski definition) is 1. The van der Waals surface area contributed by atoms with Crippen LogP contribution in [0.25, 0.3) is 0 Å². The summed E-state index contributed by atoms with van der Waals surface area (Å²) < 4.78 is 0. The number of carbonyl (C=O) groups excluding carboxylic acids is 1. The number of hydrazone groups is 1. The highest BCUT2D eigenvalue weighted by molar-refractivity contribution is 5.95. The molecule has 1 aliphatic rings. The van der Waals surface area contributed by atoms with Crippen molar-refractivity contribution < 1.29 is 4.79 Å². The first-order valence-electron chi connectivity index (χ1n) is 6.68. The van der Waals surface area contributed by atoms with Gasteiger partial charge >= 0.3 is 0 Å². The van der Waals surface area contributed by atoms with E-state index in [4.69, 9.17) is 0 Å². The highest BCUT2D eigenvalue weighted by atomic mass is 16.2. The van der Waals surface area contributed by atoms with Crippen molar-refractivity contribution in [1.29, 1.82) is 0 Å². The van der Waals surface area contributed by atoms with Crippen LogP contribution in [-0.2, 0) is 0 Å². The van der Waals surface area contributed by atoms with E-state index in [9.17, 15) is 4.79 Å². The molecule has 1 fully saturated rings. The lowest BCUT2D eigenvalue weighted by Crippen LogP contribution is -2.19. The van der Waals surface area contributed by atoms with Crippen LogP contribution in [0, 0.1) is 6.92 Å². The van der Waals surface area contributed by atoms with Crippen LogP contribution in [0.2, 0.25) is 0 Å². The first kappa shape index (κ1) is 12.8. The fraction of sp³-hybridized carbons (Fsp3) is 0.467. The van der Waals surface area contributed by atoms with Gasteiger partial charge in [-0.05, 0) is 44.7 Å². The van der Waals surface area contributed by atoms with Crippen LogP contribution in [0.3, 0.4) is 0 Å². The molecule has 1 aliphatic carbocycles. The largest absolute Gasteiger partial charge is 0.271 e. The Kier molecular flexibility index (Phi) is 4.51. The van der Waals surface area contributed by atoms with Crippen molar-refractivity contribution in [3.63, 3.8) is 0 Å². The van der Waals surface area contributed by atoms with Crippen LogP contribution in [0.1, 0.15) is 54.4 Å². The van der Waals surface area contributed by atoms with Gasteiger partial charge in [-0.25, -0.2) is 5.43 Å². The first-order chi connectivity index (χ1) is 8.75. The van der Waals surface area contributed by atoms with Crippen molar-refractivity contribution in [2.24, 2.45) is 5.10 Å². The van der Waals surface area contributed by atoms with Gasteiger partial charge in [0, 0.05) is 11.3 Å². The van der Waals surface area contributed by atoms with Gasteiger partial charge in [0.25, 0.3) is 5.91 Å². The number of nitrogens with zero attached hydrogens (tertiary/aromatic N) is 1.